The van der Waals surface area contributed by atoms with Gasteiger partial charge in [0, 0.05) is 17.6 Å². The van der Waals surface area contributed by atoms with Crippen LogP contribution in [0.1, 0.15) is 13.8 Å². The lowest BCUT2D eigenvalue weighted by atomic mass is 10.2. The second-order valence-electron chi connectivity index (χ2n) is 4.30. The number of nitrogens with zero attached hydrogens (tertiary/aromatic N) is 1. The van der Waals surface area contributed by atoms with E-state index in [1.54, 1.807) is 19.1 Å². The molecule has 100 valence electrons. The lowest BCUT2D eigenvalue weighted by molar-refractivity contribution is -0.117. The molecule has 0 aromatic heterocycles. The van der Waals surface area contributed by atoms with Crippen molar-refractivity contribution in [3.05, 3.63) is 22.7 Å². The van der Waals surface area contributed by atoms with E-state index in [0.717, 1.165) is 10.2 Å². The number of hydrogen-bond donors (Lipinski definition) is 1. The number of anilines is 1. The van der Waals surface area contributed by atoms with Gasteiger partial charge in [-0.1, -0.05) is 29.8 Å². The van der Waals surface area contributed by atoms with Gasteiger partial charge in [-0.3, -0.25) is 4.79 Å². The van der Waals surface area contributed by atoms with Crippen LogP contribution in [0.3, 0.4) is 0 Å². The van der Waals surface area contributed by atoms with E-state index in [2.05, 4.69) is 21.2 Å². The van der Waals surface area contributed by atoms with E-state index < -0.39 is 0 Å². The number of halogens is 1. The van der Waals surface area contributed by atoms with Crippen LogP contribution in [0.15, 0.2) is 22.7 Å². The van der Waals surface area contributed by atoms with Crippen LogP contribution >= 0.6 is 15.9 Å². The van der Waals surface area contributed by atoms with Gasteiger partial charge in [-0.15, -0.1) is 0 Å². The number of ether oxygens (including phenoxy) is 1. The van der Waals surface area contributed by atoms with Crippen molar-refractivity contribution in [2.24, 2.45) is 0 Å². The second kappa shape index (κ2) is 6.75. The fourth-order valence-electron chi connectivity index (χ4n) is 1.47. The standard InChI is InChI=1S/C13H19BrN2O2/c1-9(2)15-8-13(17)16(3)11-7-10(14)5-6-12(11)18-4/h5-7,9,15H,8H2,1-4H3. The average Bonchev–Trinajstić information content (AvgIpc) is 2.34. The van der Waals surface area contributed by atoms with Crippen molar-refractivity contribution in [1.29, 1.82) is 0 Å². The summed E-state index contributed by atoms with van der Waals surface area (Å²) < 4.78 is 6.17. The highest BCUT2D eigenvalue weighted by molar-refractivity contribution is 9.10. The number of benzene rings is 1. The Kier molecular flexibility index (Phi) is 5.62. The van der Waals surface area contributed by atoms with Gasteiger partial charge in [0.2, 0.25) is 5.91 Å². The maximum atomic E-state index is 12.0. The summed E-state index contributed by atoms with van der Waals surface area (Å²) in [6.07, 6.45) is 0. The van der Waals surface area contributed by atoms with Crippen LogP contribution in [0.5, 0.6) is 5.75 Å². The molecule has 1 amide bonds. The Morgan fingerprint density at radius 3 is 2.72 bits per heavy atom. The van der Waals surface area contributed by atoms with Crippen LogP contribution < -0.4 is 15.0 Å². The fourth-order valence-corrected chi connectivity index (χ4v) is 1.82. The molecule has 1 rings (SSSR count). The van der Waals surface area contributed by atoms with Gasteiger partial charge < -0.3 is 15.0 Å². The summed E-state index contributed by atoms with van der Waals surface area (Å²) in [5.74, 6) is 0.679. The lowest BCUT2D eigenvalue weighted by Gasteiger charge is -2.21. The highest BCUT2D eigenvalue weighted by Crippen LogP contribution is 2.30. The summed E-state index contributed by atoms with van der Waals surface area (Å²) in [5, 5.41) is 3.10. The van der Waals surface area contributed by atoms with Crippen LogP contribution in [-0.2, 0) is 4.79 Å². The first-order valence-electron chi connectivity index (χ1n) is 5.79. The largest absolute Gasteiger partial charge is 0.495 e. The Hall–Kier alpha value is -1.07. The Labute approximate surface area is 116 Å². The monoisotopic (exact) mass is 314 g/mol. The first-order valence-corrected chi connectivity index (χ1v) is 6.58. The summed E-state index contributed by atoms with van der Waals surface area (Å²) in [6, 6.07) is 5.87. The van der Waals surface area contributed by atoms with Gasteiger partial charge in [0.25, 0.3) is 0 Å². The van der Waals surface area contributed by atoms with Gasteiger partial charge in [-0.25, -0.2) is 0 Å². The van der Waals surface area contributed by atoms with Crippen LogP contribution in [0.4, 0.5) is 5.69 Å². The number of likely N-dealkylation sites (N-methyl/N-ethyl adjacent to an activating group) is 1. The summed E-state index contributed by atoms with van der Waals surface area (Å²) in [7, 11) is 3.34. The molecule has 1 aromatic carbocycles. The number of nitrogens with one attached hydrogen (secondary N) is 1. The molecule has 0 bridgehead atoms. The van der Waals surface area contributed by atoms with Crippen LogP contribution in [0.25, 0.3) is 0 Å². The molecule has 0 saturated heterocycles. The third kappa shape index (κ3) is 3.99. The van der Waals surface area contributed by atoms with E-state index in [1.807, 2.05) is 32.0 Å². The van der Waals surface area contributed by atoms with Crippen molar-refractivity contribution in [3.8, 4) is 5.75 Å². The molecule has 4 nitrogen and oxygen atoms in total. The van der Waals surface area contributed by atoms with Crippen molar-refractivity contribution in [1.82, 2.24) is 5.32 Å². The van der Waals surface area contributed by atoms with E-state index in [4.69, 9.17) is 4.74 Å². The minimum atomic E-state index is 0.0000926. The zero-order valence-corrected chi connectivity index (χ0v) is 12.7. The predicted molar refractivity (Wildman–Crippen MR) is 77.2 cm³/mol. The van der Waals surface area contributed by atoms with E-state index in [-0.39, 0.29) is 11.9 Å². The topological polar surface area (TPSA) is 41.6 Å². The fraction of sp³-hybridized carbons (Fsp3) is 0.462. The molecule has 1 aromatic rings. The molecule has 0 unspecified atom stereocenters. The van der Waals surface area contributed by atoms with E-state index in [0.29, 0.717) is 12.3 Å². The summed E-state index contributed by atoms with van der Waals surface area (Å²) in [4.78, 5) is 13.6. The smallest absolute Gasteiger partial charge is 0.240 e. The van der Waals surface area contributed by atoms with Gasteiger partial charge >= 0.3 is 0 Å². The molecule has 0 heterocycles. The molecular formula is C13H19BrN2O2. The van der Waals surface area contributed by atoms with Crippen molar-refractivity contribution in [2.45, 2.75) is 19.9 Å². The highest BCUT2D eigenvalue weighted by Gasteiger charge is 2.15. The van der Waals surface area contributed by atoms with Crippen molar-refractivity contribution >= 4 is 27.5 Å². The molecule has 0 aliphatic rings. The first kappa shape index (κ1) is 15.0. The average molecular weight is 315 g/mol. The Morgan fingerprint density at radius 2 is 2.17 bits per heavy atom. The maximum absolute atomic E-state index is 12.0. The van der Waals surface area contributed by atoms with E-state index in [1.165, 1.54) is 0 Å². The minimum absolute atomic E-state index is 0.0000926. The summed E-state index contributed by atoms with van der Waals surface area (Å²) >= 11 is 3.40. The van der Waals surface area contributed by atoms with Gasteiger partial charge in [-0.05, 0) is 18.2 Å². The van der Waals surface area contributed by atoms with Crippen molar-refractivity contribution in [3.63, 3.8) is 0 Å². The SMILES string of the molecule is COc1ccc(Br)cc1N(C)C(=O)CNC(C)C. The Morgan fingerprint density at radius 1 is 1.50 bits per heavy atom. The van der Waals surface area contributed by atoms with Crippen LogP contribution in [0.2, 0.25) is 0 Å². The first-order chi connectivity index (χ1) is 8.45. The van der Waals surface area contributed by atoms with E-state index in [9.17, 15) is 4.79 Å². The Balaban J connectivity index is 2.85. The van der Waals surface area contributed by atoms with Gasteiger partial charge in [0.15, 0.2) is 0 Å². The summed E-state index contributed by atoms with van der Waals surface area (Å²) in [6.45, 7) is 4.32. The zero-order chi connectivity index (χ0) is 13.7. The van der Waals surface area contributed by atoms with Crippen LogP contribution in [0, 0.1) is 0 Å². The van der Waals surface area contributed by atoms with Crippen LogP contribution in [-0.4, -0.2) is 32.7 Å². The number of carbonyl (C=O) groups is 1. The molecule has 0 aliphatic carbocycles. The van der Waals surface area contributed by atoms with Gasteiger partial charge in [-0.2, -0.15) is 0 Å². The third-order valence-corrected chi connectivity index (χ3v) is 3.03. The number of hydrogen-bond acceptors (Lipinski definition) is 3. The minimum Gasteiger partial charge on any atom is -0.495 e. The Bertz CT molecular complexity index is 421. The van der Waals surface area contributed by atoms with Gasteiger partial charge in [0.05, 0.1) is 19.3 Å². The van der Waals surface area contributed by atoms with Crippen molar-refractivity contribution < 1.29 is 9.53 Å². The molecule has 0 aliphatic heterocycles. The molecule has 0 radical (unpaired) electrons. The normalized spacial score (nSPS) is 10.6. The third-order valence-electron chi connectivity index (χ3n) is 2.54. The molecule has 1 N–H and O–H groups in total. The number of rotatable bonds is 5. The molecule has 18 heavy (non-hydrogen) atoms. The maximum Gasteiger partial charge on any atom is 0.240 e. The number of carbonyl (C=O) groups excluding carboxylic acids is 1. The second-order valence-corrected chi connectivity index (χ2v) is 5.22. The van der Waals surface area contributed by atoms with Gasteiger partial charge in [0.1, 0.15) is 5.75 Å². The number of amides is 1. The highest BCUT2D eigenvalue weighted by atomic mass is 79.9. The molecule has 0 atom stereocenters. The van der Waals surface area contributed by atoms with Crippen molar-refractivity contribution in [2.75, 3.05) is 25.6 Å². The molecular weight excluding hydrogens is 296 g/mol. The molecule has 0 spiro atoms. The number of methoxy groups -OCH3 is 1. The van der Waals surface area contributed by atoms with E-state index >= 15 is 0 Å². The molecule has 0 fully saturated rings. The molecule has 0 saturated carbocycles. The lowest BCUT2D eigenvalue weighted by Crippen LogP contribution is -2.38. The summed E-state index contributed by atoms with van der Waals surface area (Å²) in [5.41, 5.74) is 0.752. The zero-order valence-electron chi connectivity index (χ0n) is 11.2. The quantitative estimate of drug-likeness (QED) is 0.907. The molecule has 5 heteroatoms. The predicted octanol–water partition coefficient (Wildman–Crippen LogP) is 2.42.